The number of aliphatic carboxylic acids is 2. The number of ether oxygens (including phenoxy) is 2. The van der Waals surface area contributed by atoms with E-state index in [-0.39, 0.29) is 43.1 Å². The maximum Gasteiger partial charge on any atom is 0.326 e. The summed E-state index contributed by atoms with van der Waals surface area (Å²) in [6, 6.07) is -1.23. The van der Waals surface area contributed by atoms with Gasteiger partial charge < -0.3 is 25.0 Å². The Bertz CT molecular complexity index is 790. The molecule has 0 unspecified atom stereocenters. The highest BCUT2D eigenvalue weighted by atomic mass is 17.3. The summed E-state index contributed by atoms with van der Waals surface area (Å²) < 4.78 is 12.7. The highest BCUT2D eigenvalue weighted by molar-refractivity contribution is 5.83. The summed E-state index contributed by atoms with van der Waals surface area (Å²) in [6.45, 7) is 6.23. The first-order valence-corrected chi connectivity index (χ1v) is 12.0. The van der Waals surface area contributed by atoms with E-state index in [2.05, 4.69) is 19.2 Å². The number of carbonyl (C=O) groups is 3. The minimum absolute atomic E-state index is 0.0761. The van der Waals surface area contributed by atoms with E-state index in [1.54, 1.807) is 0 Å². The first kappa shape index (κ1) is 24.4. The number of amides is 1. The number of rotatable bonds is 8. The molecule has 1 spiro atoms. The first-order chi connectivity index (χ1) is 15.6. The van der Waals surface area contributed by atoms with E-state index in [4.69, 9.17) is 24.4 Å². The van der Waals surface area contributed by atoms with Gasteiger partial charge in [0.05, 0.1) is 6.10 Å². The zero-order valence-corrected chi connectivity index (χ0v) is 19.5. The zero-order chi connectivity index (χ0) is 24.0. The normalized spacial score (nSPS) is 42.6. The Morgan fingerprint density at radius 2 is 1.82 bits per heavy atom. The van der Waals surface area contributed by atoms with Gasteiger partial charge in [-0.1, -0.05) is 13.8 Å². The van der Waals surface area contributed by atoms with E-state index in [9.17, 15) is 19.5 Å². The molecule has 10 nitrogen and oxygen atoms in total. The summed E-state index contributed by atoms with van der Waals surface area (Å²) in [7, 11) is 0. The third-order valence-corrected chi connectivity index (χ3v) is 8.23. The average Bonchev–Trinajstić information content (AvgIpc) is 2.98. The molecule has 2 bridgehead atoms. The summed E-state index contributed by atoms with van der Waals surface area (Å²) in [6.07, 6.45) is 2.88. The molecule has 5 fully saturated rings. The topological polar surface area (TPSA) is 141 Å². The lowest BCUT2D eigenvalue weighted by atomic mass is 9.57. The van der Waals surface area contributed by atoms with E-state index in [1.807, 2.05) is 6.92 Å². The molecule has 5 aliphatic rings. The van der Waals surface area contributed by atoms with E-state index < -0.39 is 41.6 Å². The van der Waals surface area contributed by atoms with Crippen LogP contribution in [0.5, 0.6) is 0 Å². The maximum atomic E-state index is 12.5. The van der Waals surface area contributed by atoms with Crippen LogP contribution in [0.25, 0.3) is 0 Å². The Balaban J connectivity index is 1.43. The molecule has 0 radical (unpaired) electrons. The highest BCUT2D eigenvalue weighted by Crippen LogP contribution is 2.60. The summed E-state index contributed by atoms with van der Waals surface area (Å²) >= 11 is 0. The van der Waals surface area contributed by atoms with Crippen LogP contribution in [0.1, 0.15) is 72.1 Å². The van der Waals surface area contributed by atoms with Crippen LogP contribution in [0, 0.1) is 23.7 Å². The fourth-order valence-electron chi connectivity index (χ4n) is 6.37. The van der Waals surface area contributed by atoms with Crippen LogP contribution in [0.2, 0.25) is 0 Å². The molecule has 33 heavy (non-hydrogen) atoms. The molecule has 1 saturated carbocycles. The van der Waals surface area contributed by atoms with Gasteiger partial charge in [-0.05, 0) is 56.8 Å². The first-order valence-electron chi connectivity index (χ1n) is 12.0. The number of fused-ring (bicyclic) bond motifs is 2. The number of carbonyl (C=O) groups excluding carboxylic acids is 1. The third kappa shape index (κ3) is 4.50. The van der Waals surface area contributed by atoms with Crippen LogP contribution in [-0.4, -0.2) is 57.9 Å². The lowest BCUT2D eigenvalue weighted by Gasteiger charge is -2.60. The summed E-state index contributed by atoms with van der Waals surface area (Å²) in [5.74, 6) is -2.66. The lowest BCUT2D eigenvalue weighted by molar-refractivity contribution is -0.571. The molecule has 5 rings (SSSR count). The number of carboxylic acid groups (broad SMARTS) is 2. The number of hydrogen-bond donors (Lipinski definition) is 3. The molecule has 0 aromatic rings. The van der Waals surface area contributed by atoms with Crippen LogP contribution in [0.4, 0.5) is 0 Å². The van der Waals surface area contributed by atoms with Crippen LogP contribution < -0.4 is 5.32 Å². The van der Waals surface area contributed by atoms with Gasteiger partial charge in [-0.15, -0.1) is 0 Å². The average molecular weight is 470 g/mol. The van der Waals surface area contributed by atoms with Crippen LogP contribution >= 0.6 is 0 Å². The fraction of sp³-hybridized carbons (Fsp3) is 0.870. The van der Waals surface area contributed by atoms with Gasteiger partial charge in [0.2, 0.25) is 11.7 Å². The van der Waals surface area contributed by atoms with Gasteiger partial charge >= 0.3 is 11.9 Å². The maximum absolute atomic E-state index is 12.5. The van der Waals surface area contributed by atoms with Crippen molar-refractivity contribution in [3.8, 4) is 0 Å². The molecule has 1 aliphatic carbocycles. The standard InChI is InChI=1S/C23H35NO9/c1-12-4-5-15-13(2)17(7-8-18(25)24-16(20(28)29)6-9-19(26)27)30-21-23(15)14(12)10-11-22(3,31-21)32-33-23/h12-17,21H,4-11H2,1-3H3,(H,24,25)(H,26,27)(H,28,29)/t12-,13-,14+,15+,16+,17-,21-,22-,23-/m1/s1. The molecule has 0 aromatic heterocycles. The van der Waals surface area contributed by atoms with Crippen molar-refractivity contribution in [2.24, 2.45) is 23.7 Å². The number of nitrogens with one attached hydrogen (secondary N) is 1. The van der Waals surface area contributed by atoms with Gasteiger partial charge in [-0.25, -0.2) is 14.6 Å². The van der Waals surface area contributed by atoms with Crippen molar-refractivity contribution in [3.05, 3.63) is 0 Å². The van der Waals surface area contributed by atoms with E-state index in [0.717, 1.165) is 25.7 Å². The van der Waals surface area contributed by atoms with Gasteiger partial charge in [-0.3, -0.25) is 9.59 Å². The number of hydrogen-bond acceptors (Lipinski definition) is 7. The molecule has 4 saturated heterocycles. The summed E-state index contributed by atoms with van der Waals surface area (Å²) in [5.41, 5.74) is -0.656. The van der Waals surface area contributed by atoms with Crippen molar-refractivity contribution in [3.63, 3.8) is 0 Å². The van der Waals surface area contributed by atoms with Crippen LogP contribution in [0.15, 0.2) is 0 Å². The van der Waals surface area contributed by atoms with Crippen molar-refractivity contribution in [2.75, 3.05) is 0 Å². The second-order valence-electron chi connectivity index (χ2n) is 10.4. The molecule has 9 atom stereocenters. The quantitative estimate of drug-likeness (QED) is 0.457. The lowest BCUT2D eigenvalue weighted by Crippen LogP contribution is -2.70. The molecule has 4 aliphatic heterocycles. The molecule has 4 heterocycles. The Hall–Kier alpha value is -1.75. The van der Waals surface area contributed by atoms with Gasteiger partial charge in [0, 0.05) is 25.2 Å². The van der Waals surface area contributed by atoms with E-state index in [0.29, 0.717) is 12.3 Å². The molecule has 3 N–H and O–H groups in total. The van der Waals surface area contributed by atoms with Crippen molar-refractivity contribution in [1.29, 1.82) is 0 Å². The second-order valence-corrected chi connectivity index (χ2v) is 10.4. The Morgan fingerprint density at radius 1 is 1.06 bits per heavy atom. The van der Waals surface area contributed by atoms with Crippen molar-refractivity contribution in [1.82, 2.24) is 5.32 Å². The minimum atomic E-state index is -1.25. The van der Waals surface area contributed by atoms with Crippen LogP contribution in [-0.2, 0) is 33.6 Å². The molecule has 1 amide bonds. The largest absolute Gasteiger partial charge is 0.481 e. The zero-order valence-electron chi connectivity index (χ0n) is 19.5. The van der Waals surface area contributed by atoms with Gasteiger partial charge in [-0.2, -0.15) is 0 Å². The SMILES string of the molecule is C[C@H]1[C@@H](CCC(=O)N[C@@H](CCC(=O)O)C(=O)O)O[C@@H]2O[C@@]3(C)CC[C@H]4[C@H](C)CC[C@@H]1[C@@]24OO3. The molecular weight excluding hydrogens is 434 g/mol. The fourth-order valence-corrected chi connectivity index (χ4v) is 6.37. The van der Waals surface area contributed by atoms with Gasteiger partial charge in [0.15, 0.2) is 11.9 Å². The second kappa shape index (κ2) is 9.13. The van der Waals surface area contributed by atoms with Crippen molar-refractivity contribution >= 4 is 17.8 Å². The van der Waals surface area contributed by atoms with Crippen molar-refractivity contribution < 1.29 is 43.8 Å². The third-order valence-electron chi connectivity index (χ3n) is 8.23. The molecule has 186 valence electrons. The predicted molar refractivity (Wildman–Crippen MR) is 112 cm³/mol. The van der Waals surface area contributed by atoms with Gasteiger partial charge in [0.25, 0.3) is 0 Å². The monoisotopic (exact) mass is 469 g/mol. The summed E-state index contributed by atoms with van der Waals surface area (Å²) in [5, 5.41) is 20.5. The highest BCUT2D eigenvalue weighted by Gasteiger charge is 2.69. The Labute approximate surface area is 193 Å². The van der Waals surface area contributed by atoms with Crippen molar-refractivity contribution in [2.45, 2.75) is 102 Å². The number of carboxylic acids is 2. The Kier molecular flexibility index (Phi) is 6.74. The van der Waals surface area contributed by atoms with E-state index in [1.165, 1.54) is 0 Å². The van der Waals surface area contributed by atoms with E-state index >= 15 is 0 Å². The molecule has 0 aromatic carbocycles. The summed E-state index contributed by atoms with van der Waals surface area (Å²) in [4.78, 5) is 46.5. The predicted octanol–water partition coefficient (Wildman–Crippen LogP) is 2.45. The smallest absolute Gasteiger partial charge is 0.326 e. The molecular formula is C23H35NO9. The molecule has 10 heteroatoms. The van der Waals surface area contributed by atoms with Crippen LogP contribution in [0.3, 0.4) is 0 Å². The van der Waals surface area contributed by atoms with Gasteiger partial charge in [0.1, 0.15) is 6.04 Å². The Morgan fingerprint density at radius 3 is 2.52 bits per heavy atom. The minimum Gasteiger partial charge on any atom is -0.481 e.